The Morgan fingerprint density at radius 2 is 2.05 bits per heavy atom. The molecule has 0 saturated heterocycles. The van der Waals surface area contributed by atoms with E-state index in [0.717, 1.165) is 30.7 Å². The highest BCUT2D eigenvalue weighted by molar-refractivity contribution is 5.97. The third-order valence-corrected chi connectivity index (χ3v) is 5.37. The van der Waals surface area contributed by atoms with Crippen molar-refractivity contribution < 1.29 is 4.42 Å². The van der Waals surface area contributed by atoms with Crippen LogP contribution < -0.4 is 0 Å². The van der Waals surface area contributed by atoms with Crippen molar-refractivity contribution in [2.75, 3.05) is 13.6 Å². The quantitative estimate of drug-likeness (QED) is 0.606. The number of rotatable bonds is 0. The van der Waals surface area contributed by atoms with Gasteiger partial charge in [-0.05, 0) is 55.1 Å². The normalized spacial score (nSPS) is 20.0. The Labute approximate surface area is 130 Å². The Bertz CT molecular complexity index is 905. The van der Waals surface area contributed by atoms with Crippen LogP contribution >= 0.6 is 0 Å². The summed E-state index contributed by atoms with van der Waals surface area (Å²) < 4.78 is 6.06. The van der Waals surface area contributed by atoms with Gasteiger partial charge in [-0.25, -0.2) is 0 Å². The second-order valence-corrected chi connectivity index (χ2v) is 6.70. The number of nitrogens with zero attached hydrogens (tertiary/aromatic N) is 1. The van der Waals surface area contributed by atoms with E-state index in [1.54, 1.807) is 0 Å². The second-order valence-electron chi connectivity index (χ2n) is 6.70. The van der Waals surface area contributed by atoms with Gasteiger partial charge in [-0.2, -0.15) is 0 Å². The van der Waals surface area contributed by atoms with Crippen molar-refractivity contribution in [2.24, 2.45) is 0 Å². The monoisotopic (exact) mass is 289 g/mol. The fourth-order valence-corrected chi connectivity index (χ4v) is 4.32. The summed E-state index contributed by atoms with van der Waals surface area (Å²) in [6.07, 6.45) is 2.24. The number of hydrogen-bond acceptors (Lipinski definition) is 2. The van der Waals surface area contributed by atoms with Crippen molar-refractivity contribution in [3.63, 3.8) is 0 Å². The van der Waals surface area contributed by atoms with Crippen molar-refractivity contribution in [1.29, 1.82) is 0 Å². The Morgan fingerprint density at radius 1 is 1.14 bits per heavy atom. The smallest absolute Gasteiger partial charge is 0.142 e. The predicted octanol–water partition coefficient (Wildman–Crippen LogP) is 4.49. The fourth-order valence-electron chi connectivity index (χ4n) is 4.32. The maximum absolute atomic E-state index is 6.06. The molecule has 0 saturated carbocycles. The average Bonchev–Trinajstić information content (AvgIpc) is 2.91. The van der Waals surface area contributed by atoms with E-state index in [9.17, 15) is 0 Å². The zero-order chi connectivity index (χ0) is 14.8. The molecular weight excluding hydrogens is 270 g/mol. The summed E-state index contributed by atoms with van der Waals surface area (Å²) in [5, 5.41) is 1.22. The van der Waals surface area contributed by atoms with Gasteiger partial charge >= 0.3 is 0 Å². The fraction of sp³-hybridized carbons (Fsp3) is 0.300. The van der Waals surface area contributed by atoms with Crippen LogP contribution in [-0.2, 0) is 12.8 Å². The van der Waals surface area contributed by atoms with Crippen molar-refractivity contribution in [2.45, 2.75) is 25.8 Å². The van der Waals surface area contributed by atoms with Crippen LogP contribution in [0.3, 0.4) is 0 Å². The summed E-state index contributed by atoms with van der Waals surface area (Å²) in [5.74, 6) is 0.993. The number of benzene rings is 2. The first-order chi connectivity index (χ1) is 10.7. The maximum atomic E-state index is 6.06. The number of hydrogen-bond donors (Lipinski definition) is 0. The lowest BCUT2D eigenvalue weighted by Crippen LogP contribution is -2.35. The molecule has 0 radical (unpaired) electrons. The molecule has 0 fully saturated rings. The van der Waals surface area contributed by atoms with Crippen LogP contribution in [0.4, 0.5) is 0 Å². The molecule has 0 amide bonds. The van der Waals surface area contributed by atoms with Crippen LogP contribution in [0.2, 0.25) is 0 Å². The molecule has 3 aromatic rings. The van der Waals surface area contributed by atoms with Crippen molar-refractivity contribution in [1.82, 2.24) is 4.90 Å². The van der Waals surface area contributed by atoms with E-state index in [1.165, 1.54) is 33.2 Å². The molecule has 2 aromatic carbocycles. The lowest BCUT2D eigenvalue weighted by atomic mass is 9.77. The number of aryl methyl sites for hydroxylation is 1. The van der Waals surface area contributed by atoms with Gasteiger partial charge in [-0.3, -0.25) is 4.90 Å². The molecule has 0 N–H and O–H groups in total. The van der Waals surface area contributed by atoms with Crippen LogP contribution in [0.5, 0.6) is 0 Å². The SMILES string of the molecule is Cc1cc2ccc3c(c2o1)-c1cccc2c1C(C3)N(C)CC2. The topological polar surface area (TPSA) is 16.4 Å². The highest BCUT2D eigenvalue weighted by Gasteiger charge is 2.33. The van der Waals surface area contributed by atoms with E-state index >= 15 is 0 Å². The van der Waals surface area contributed by atoms with Gasteiger partial charge < -0.3 is 4.42 Å². The largest absolute Gasteiger partial charge is 0.461 e. The number of furan rings is 1. The van der Waals surface area contributed by atoms with Crippen LogP contribution in [-0.4, -0.2) is 18.5 Å². The van der Waals surface area contributed by atoms with Gasteiger partial charge in [0.25, 0.3) is 0 Å². The first-order valence-corrected chi connectivity index (χ1v) is 8.07. The van der Waals surface area contributed by atoms with Crippen LogP contribution in [0, 0.1) is 6.92 Å². The molecule has 2 heteroatoms. The lowest BCUT2D eigenvalue weighted by molar-refractivity contribution is 0.228. The zero-order valence-corrected chi connectivity index (χ0v) is 13.0. The molecule has 1 unspecified atom stereocenters. The molecule has 2 nitrogen and oxygen atoms in total. The number of fused-ring (bicyclic) bond motifs is 4. The molecule has 0 bridgehead atoms. The molecule has 1 aliphatic heterocycles. The minimum Gasteiger partial charge on any atom is -0.461 e. The summed E-state index contributed by atoms with van der Waals surface area (Å²) in [7, 11) is 2.25. The van der Waals surface area contributed by atoms with Gasteiger partial charge in [0.2, 0.25) is 0 Å². The summed E-state index contributed by atoms with van der Waals surface area (Å²) in [6.45, 7) is 3.19. The van der Waals surface area contributed by atoms with Gasteiger partial charge in [0.1, 0.15) is 11.3 Å². The maximum Gasteiger partial charge on any atom is 0.142 e. The molecule has 2 aliphatic rings. The third kappa shape index (κ3) is 1.53. The predicted molar refractivity (Wildman–Crippen MR) is 89.2 cm³/mol. The Morgan fingerprint density at radius 3 is 2.95 bits per heavy atom. The Hall–Kier alpha value is -2.06. The molecule has 22 heavy (non-hydrogen) atoms. The van der Waals surface area contributed by atoms with Crippen LogP contribution in [0.15, 0.2) is 40.8 Å². The minimum absolute atomic E-state index is 0.515. The summed E-state index contributed by atoms with van der Waals surface area (Å²) in [4.78, 5) is 2.51. The molecule has 1 atom stereocenters. The number of likely N-dealkylation sites (N-methyl/N-ethyl adjacent to an activating group) is 1. The molecule has 110 valence electrons. The van der Waals surface area contributed by atoms with Crippen molar-refractivity contribution in [3.8, 4) is 11.1 Å². The standard InChI is InChI=1S/C20H19NO/c1-12-10-15-7-6-14-11-17-18-13(8-9-21(17)2)4-3-5-16(18)19(14)20(15)22-12/h3-7,10,17H,8-9,11H2,1-2H3. The molecule has 1 aromatic heterocycles. The van der Waals surface area contributed by atoms with Gasteiger partial charge in [0.05, 0.1) is 0 Å². The van der Waals surface area contributed by atoms with Gasteiger partial charge in [-0.1, -0.05) is 30.3 Å². The highest BCUT2D eigenvalue weighted by Crippen LogP contribution is 2.47. The van der Waals surface area contributed by atoms with E-state index in [4.69, 9.17) is 4.42 Å². The summed E-state index contributed by atoms with van der Waals surface area (Å²) >= 11 is 0. The van der Waals surface area contributed by atoms with Gasteiger partial charge in [-0.15, -0.1) is 0 Å². The Kier molecular flexibility index (Phi) is 2.40. The first-order valence-electron chi connectivity index (χ1n) is 8.07. The van der Waals surface area contributed by atoms with Crippen molar-refractivity contribution in [3.05, 3.63) is 58.8 Å². The summed E-state index contributed by atoms with van der Waals surface area (Å²) in [5.41, 5.74) is 8.25. The first kappa shape index (κ1) is 12.5. The Balaban J connectivity index is 1.89. The summed E-state index contributed by atoms with van der Waals surface area (Å²) in [6, 6.07) is 14.0. The van der Waals surface area contributed by atoms with E-state index in [-0.39, 0.29) is 0 Å². The van der Waals surface area contributed by atoms with Crippen LogP contribution in [0.1, 0.15) is 28.5 Å². The molecule has 0 spiro atoms. The van der Waals surface area contributed by atoms with Crippen molar-refractivity contribution >= 4 is 11.0 Å². The van der Waals surface area contributed by atoms with E-state index in [0.29, 0.717) is 6.04 Å². The van der Waals surface area contributed by atoms with Gasteiger partial charge in [0.15, 0.2) is 0 Å². The zero-order valence-electron chi connectivity index (χ0n) is 13.0. The third-order valence-electron chi connectivity index (χ3n) is 5.37. The molecule has 1 aliphatic carbocycles. The molecule has 2 heterocycles. The van der Waals surface area contributed by atoms with E-state index in [1.807, 2.05) is 6.92 Å². The minimum atomic E-state index is 0.515. The molecular formula is C20H19NO. The van der Waals surface area contributed by atoms with Gasteiger partial charge in [0, 0.05) is 23.5 Å². The van der Waals surface area contributed by atoms with E-state index < -0.39 is 0 Å². The average molecular weight is 289 g/mol. The van der Waals surface area contributed by atoms with E-state index in [2.05, 4.69) is 48.3 Å². The van der Waals surface area contributed by atoms with Crippen LogP contribution in [0.25, 0.3) is 22.1 Å². The highest BCUT2D eigenvalue weighted by atomic mass is 16.3. The lowest BCUT2D eigenvalue weighted by Gasteiger charge is -2.39. The molecule has 5 rings (SSSR count). The second kappa shape index (κ2) is 4.23.